The molecule has 2 aromatic rings. The van der Waals surface area contributed by atoms with Gasteiger partial charge in [0.1, 0.15) is 6.10 Å². The number of nitrogens with one attached hydrogen (secondary N) is 3. The molecule has 2 amide bonds. The van der Waals surface area contributed by atoms with E-state index in [9.17, 15) is 9.59 Å². The number of guanidine groups is 1. The summed E-state index contributed by atoms with van der Waals surface area (Å²) < 4.78 is 5.45. The number of anilines is 2. The Morgan fingerprint density at radius 3 is 2.55 bits per heavy atom. The molecule has 2 aliphatic heterocycles. The van der Waals surface area contributed by atoms with Gasteiger partial charge in [-0.3, -0.25) is 14.6 Å². The van der Waals surface area contributed by atoms with Crippen LogP contribution in [-0.4, -0.2) is 44.1 Å². The summed E-state index contributed by atoms with van der Waals surface area (Å²) >= 11 is 0. The Labute approximate surface area is 194 Å². The fraction of sp³-hybridized carbons (Fsp3) is 0.400. The minimum Gasteiger partial charge on any atom is -0.368 e. The van der Waals surface area contributed by atoms with Crippen molar-refractivity contribution in [2.45, 2.75) is 44.9 Å². The Balaban J connectivity index is 1.25. The summed E-state index contributed by atoms with van der Waals surface area (Å²) in [5, 5.41) is 9.55. The number of aliphatic imine (C=N–C) groups is 1. The molecule has 0 aliphatic carbocycles. The van der Waals surface area contributed by atoms with E-state index in [0.717, 1.165) is 48.3 Å². The van der Waals surface area contributed by atoms with E-state index >= 15 is 0 Å². The number of nitrogens with zero attached hydrogens (tertiary/aromatic N) is 2. The van der Waals surface area contributed by atoms with Gasteiger partial charge >= 0.3 is 0 Å². The molecule has 0 bridgehead atoms. The molecule has 1 atom stereocenters. The summed E-state index contributed by atoms with van der Waals surface area (Å²) in [6.07, 6.45) is 2.91. The van der Waals surface area contributed by atoms with Crippen LogP contribution in [0.5, 0.6) is 0 Å². The maximum atomic E-state index is 12.3. The molecule has 2 saturated heterocycles. The van der Waals surface area contributed by atoms with Crippen molar-refractivity contribution in [3.05, 3.63) is 59.7 Å². The van der Waals surface area contributed by atoms with E-state index in [0.29, 0.717) is 32.1 Å². The Morgan fingerprint density at radius 2 is 1.88 bits per heavy atom. The number of hydrogen-bond acceptors (Lipinski definition) is 4. The van der Waals surface area contributed by atoms with Crippen molar-refractivity contribution in [2.24, 2.45) is 4.99 Å². The highest BCUT2D eigenvalue weighted by Crippen LogP contribution is 2.21. The molecule has 33 heavy (non-hydrogen) atoms. The molecule has 1 unspecified atom stereocenters. The molecule has 0 aromatic heterocycles. The van der Waals surface area contributed by atoms with Crippen LogP contribution < -0.4 is 20.9 Å². The smallest absolute Gasteiger partial charge is 0.253 e. The maximum absolute atomic E-state index is 12.3. The molecule has 8 nitrogen and oxygen atoms in total. The number of hydrogen-bond donors (Lipinski definition) is 3. The van der Waals surface area contributed by atoms with Gasteiger partial charge < -0.3 is 25.6 Å². The van der Waals surface area contributed by atoms with Crippen molar-refractivity contribution >= 4 is 29.1 Å². The van der Waals surface area contributed by atoms with Gasteiger partial charge in [-0.2, -0.15) is 0 Å². The van der Waals surface area contributed by atoms with Gasteiger partial charge in [0, 0.05) is 51.1 Å². The van der Waals surface area contributed by atoms with Gasteiger partial charge in [-0.1, -0.05) is 24.3 Å². The Bertz CT molecular complexity index is 999. The van der Waals surface area contributed by atoms with Crippen molar-refractivity contribution in [3.8, 4) is 0 Å². The van der Waals surface area contributed by atoms with E-state index in [1.807, 2.05) is 53.4 Å². The van der Waals surface area contributed by atoms with E-state index < -0.39 is 0 Å². The van der Waals surface area contributed by atoms with Gasteiger partial charge in [-0.15, -0.1) is 0 Å². The summed E-state index contributed by atoms with van der Waals surface area (Å²) in [5.41, 5.74) is 3.85. The lowest BCUT2D eigenvalue weighted by molar-refractivity contribution is -0.124. The van der Waals surface area contributed by atoms with E-state index in [4.69, 9.17) is 4.74 Å². The lowest BCUT2D eigenvalue weighted by Gasteiger charge is -2.16. The third kappa shape index (κ3) is 6.10. The van der Waals surface area contributed by atoms with Crippen LogP contribution in [-0.2, 0) is 27.4 Å². The molecule has 2 heterocycles. The van der Waals surface area contributed by atoms with Gasteiger partial charge in [0.25, 0.3) is 5.91 Å². The second-order valence-corrected chi connectivity index (χ2v) is 8.29. The highest BCUT2D eigenvalue weighted by molar-refractivity contribution is 5.95. The average Bonchev–Trinajstić information content (AvgIpc) is 3.52. The highest BCUT2D eigenvalue weighted by Gasteiger charge is 2.23. The number of rotatable bonds is 7. The van der Waals surface area contributed by atoms with Crippen molar-refractivity contribution in [2.75, 3.05) is 30.4 Å². The van der Waals surface area contributed by atoms with Crippen molar-refractivity contribution in [1.82, 2.24) is 10.6 Å². The molecule has 2 fully saturated rings. The standard InChI is InChI=1S/C25H31N5O3/c1-26-25(27-16-18-9-11-21(12-10-18)30-13-3-8-23(30)31)28-17-19-5-2-6-20(15-19)29-24(32)22-7-4-14-33-22/h2,5-6,9-12,15,22H,3-4,7-8,13-14,16-17H2,1H3,(H,29,32)(H2,26,27,28). The third-order valence-corrected chi connectivity index (χ3v) is 5.88. The molecule has 2 aliphatic rings. The van der Waals surface area contributed by atoms with E-state index in [-0.39, 0.29) is 17.9 Å². The molecule has 0 spiro atoms. The predicted octanol–water partition coefficient (Wildman–Crippen LogP) is 2.80. The van der Waals surface area contributed by atoms with Crippen LogP contribution in [0.4, 0.5) is 11.4 Å². The van der Waals surface area contributed by atoms with Gasteiger partial charge in [-0.25, -0.2) is 0 Å². The Kier molecular flexibility index (Phi) is 7.57. The second-order valence-electron chi connectivity index (χ2n) is 8.29. The molecule has 174 valence electrons. The van der Waals surface area contributed by atoms with Gasteiger partial charge in [0.05, 0.1) is 0 Å². The van der Waals surface area contributed by atoms with Crippen molar-refractivity contribution in [1.29, 1.82) is 0 Å². The van der Waals surface area contributed by atoms with Crippen LogP contribution in [0.1, 0.15) is 36.8 Å². The first-order valence-corrected chi connectivity index (χ1v) is 11.5. The minimum absolute atomic E-state index is 0.0878. The molecule has 2 aromatic carbocycles. The van der Waals surface area contributed by atoms with Crippen molar-refractivity contribution in [3.63, 3.8) is 0 Å². The highest BCUT2D eigenvalue weighted by atomic mass is 16.5. The first-order chi connectivity index (χ1) is 16.1. The molecular weight excluding hydrogens is 418 g/mol. The van der Waals surface area contributed by atoms with E-state index in [1.54, 1.807) is 7.05 Å². The van der Waals surface area contributed by atoms with E-state index in [2.05, 4.69) is 20.9 Å². The van der Waals surface area contributed by atoms with E-state index in [1.165, 1.54) is 0 Å². The largest absolute Gasteiger partial charge is 0.368 e. The van der Waals surface area contributed by atoms with Gasteiger partial charge in [-0.05, 0) is 54.7 Å². The monoisotopic (exact) mass is 449 g/mol. The number of benzene rings is 2. The van der Waals surface area contributed by atoms with Crippen LogP contribution >= 0.6 is 0 Å². The topological polar surface area (TPSA) is 95.1 Å². The molecule has 0 radical (unpaired) electrons. The quantitative estimate of drug-likeness (QED) is 0.446. The van der Waals surface area contributed by atoms with Crippen LogP contribution in [0, 0.1) is 0 Å². The maximum Gasteiger partial charge on any atom is 0.253 e. The zero-order valence-electron chi connectivity index (χ0n) is 19.0. The van der Waals surface area contributed by atoms with Crippen LogP contribution in [0.2, 0.25) is 0 Å². The predicted molar refractivity (Wildman–Crippen MR) is 129 cm³/mol. The molecule has 4 rings (SSSR count). The molecule has 0 saturated carbocycles. The van der Waals surface area contributed by atoms with Gasteiger partial charge in [0.2, 0.25) is 5.91 Å². The van der Waals surface area contributed by atoms with Gasteiger partial charge in [0.15, 0.2) is 5.96 Å². The van der Waals surface area contributed by atoms with Crippen molar-refractivity contribution < 1.29 is 14.3 Å². The first kappa shape index (κ1) is 22.8. The summed E-state index contributed by atoms with van der Waals surface area (Å²) in [7, 11) is 1.73. The average molecular weight is 450 g/mol. The van der Waals surface area contributed by atoms with Crippen LogP contribution in [0.15, 0.2) is 53.5 Å². The fourth-order valence-electron chi connectivity index (χ4n) is 4.07. The second kappa shape index (κ2) is 11.0. The Morgan fingerprint density at radius 1 is 1.09 bits per heavy atom. The molecule has 3 N–H and O–H groups in total. The number of ether oxygens (including phenoxy) is 1. The summed E-state index contributed by atoms with van der Waals surface area (Å²) in [6, 6.07) is 15.8. The first-order valence-electron chi connectivity index (χ1n) is 11.5. The number of carbonyl (C=O) groups excluding carboxylic acids is 2. The van der Waals surface area contributed by atoms with Crippen LogP contribution in [0.3, 0.4) is 0 Å². The number of carbonyl (C=O) groups is 2. The zero-order chi connectivity index (χ0) is 23.0. The molecular formula is C25H31N5O3. The SMILES string of the molecule is CN=C(NCc1ccc(N2CCCC2=O)cc1)NCc1cccc(NC(=O)C2CCCO2)c1. The Hall–Kier alpha value is -3.39. The zero-order valence-corrected chi connectivity index (χ0v) is 19.0. The molecule has 8 heteroatoms. The summed E-state index contributed by atoms with van der Waals surface area (Å²) in [4.78, 5) is 30.3. The third-order valence-electron chi connectivity index (χ3n) is 5.88. The fourth-order valence-corrected chi connectivity index (χ4v) is 4.07. The lowest BCUT2D eigenvalue weighted by Crippen LogP contribution is -2.36. The van der Waals surface area contributed by atoms with Crippen LogP contribution in [0.25, 0.3) is 0 Å². The minimum atomic E-state index is -0.347. The number of amides is 2. The summed E-state index contributed by atoms with van der Waals surface area (Å²) in [6.45, 7) is 2.63. The summed E-state index contributed by atoms with van der Waals surface area (Å²) in [5.74, 6) is 0.791. The lowest BCUT2D eigenvalue weighted by atomic mass is 10.2. The normalized spacial score (nSPS) is 18.5.